The first-order valence-electron chi connectivity index (χ1n) is 9.77. The van der Waals surface area contributed by atoms with Crippen LogP contribution in [0.4, 0.5) is 0 Å². The van der Waals surface area contributed by atoms with Crippen LogP contribution >= 0.6 is 31.9 Å². The summed E-state index contributed by atoms with van der Waals surface area (Å²) in [7, 11) is 1.97. The SMILES string of the molecule is C=Cc1cccc(C(NC(NC)c2cccc(Br)c2)c2cccc(Br)c2)c1.CC. The summed E-state index contributed by atoms with van der Waals surface area (Å²) in [5, 5.41) is 7.17. The maximum Gasteiger partial charge on any atom is 0.0840 e. The van der Waals surface area contributed by atoms with E-state index in [0.29, 0.717) is 0 Å². The van der Waals surface area contributed by atoms with E-state index in [4.69, 9.17) is 0 Å². The fraction of sp³-hybridized carbons (Fsp3) is 0.200. The van der Waals surface area contributed by atoms with Gasteiger partial charge in [0, 0.05) is 8.95 Å². The molecule has 0 aliphatic rings. The summed E-state index contributed by atoms with van der Waals surface area (Å²) in [6.07, 6.45) is 1.88. The van der Waals surface area contributed by atoms with Crippen LogP contribution in [0.2, 0.25) is 0 Å². The molecule has 2 unspecified atom stereocenters. The Labute approximate surface area is 191 Å². The Bertz CT molecular complexity index is 924. The summed E-state index contributed by atoms with van der Waals surface area (Å²) >= 11 is 7.17. The van der Waals surface area contributed by atoms with Crippen LogP contribution in [0, 0.1) is 0 Å². The molecule has 0 radical (unpaired) electrons. The van der Waals surface area contributed by atoms with Crippen molar-refractivity contribution in [1.29, 1.82) is 0 Å². The van der Waals surface area contributed by atoms with E-state index in [1.807, 2.05) is 39.1 Å². The van der Waals surface area contributed by atoms with Gasteiger partial charge in [-0.25, -0.2) is 0 Å². The van der Waals surface area contributed by atoms with Crippen molar-refractivity contribution in [1.82, 2.24) is 10.6 Å². The molecule has 0 aromatic heterocycles. The van der Waals surface area contributed by atoms with Crippen molar-refractivity contribution >= 4 is 37.9 Å². The predicted molar refractivity (Wildman–Crippen MR) is 133 cm³/mol. The summed E-state index contributed by atoms with van der Waals surface area (Å²) in [6.45, 7) is 7.91. The maximum absolute atomic E-state index is 3.91. The summed E-state index contributed by atoms with van der Waals surface area (Å²) in [6, 6.07) is 25.3. The Morgan fingerprint density at radius 3 is 1.86 bits per heavy atom. The lowest BCUT2D eigenvalue weighted by Gasteiger charge is -2.27. The molecule has 0 amide bonds. The van der Waals surface area contributed by atoms with Gasteiger partial charge in [0.15, 0.2) is 0 Å². The topological polar surface area (TPSA) is 24.1 Å². The highest BCUT2D eigenvalue weighted by Gasteiger charge is 2.20. The van der Waals surface area contributed by atoms with Gasteiger partial charge in [-0.2, -0.15) is 0 Å². The second-order valence-electron chi connectivity index (χ2n) is 6.31. The Hall–Kier alpha value is -1.72. The molecule has 0 saturated carbocycles. The Morgan fingerprint density at radius 1 is 0.793 bits per heavy atom. The van der Waals surface area contributed by atoms with E-state index in [2.05, 4.69) is 110 Å². The van der Waals surface area contributed by atoms with Crippen molar-refractivity contribution in [3.05, 3.63) is 111 Å². The molecule has 3 rings (SSSR count). The Balaban J connectivity index is 0.00000145. The lowest BCUT2D eigenvalue weighted by atomic mass is 9.96. The van der Waals surface area contributed by atoms with Gasteiger partial charge in [-0.3, -0.25) is 5.32 Å². The van der Waals surface area contributed by atoms with Gasteiger partial charge >= 0.3 is 0 Å². The smallest absolute Gasteiger partial charge is 0.0840 e. The first-order valence-corrected chi connectivity index (χ1v) is 11.4. The van der Waals surface area contributed by atoms with Crippen molar-refractivity contribution < 1.29 is 0 Å². The molecule has 0 aliphatic heterocycles. The number of hydrogen-bond acceptors (Lipinski definition) is 2. The van der Waals surface area contributed by atoms with E-state index in [-0.39, 0.29) is 12.2 Å². The third-order valence-electron chi connectivity index (χ3n) is 4.47. The van der Waals surface area contributed by atoms with Crippen molar-refractivity contribution in [2.45, 2.75) is 26.1 Å². The number of benzene rings is 3. The van der Waals surface area contributed by atoms with Crippen LogP contribution in [0.15, 0.2) is 88.3 Å². The molecule has 29 heavy (non-hydrogen) atoms. The van der Waals surface area contributed by atoms with Crippen molar-refractivity contribution in [3.63, 3.8) is 0 Å². The van der Waals surface area contributed by atoms with E-state index >= 15 is 0 Å². The quantitative estimate of drug-likeness (QED) is 0.318. The van der Waals surface area contributed by atoms with Gasteiger partial charge in [0.05, 0.1) is 12.2 Å². The third-order valence-corrected chi connectivity index (χ3v) is 5.45. The number of halogens is 2. The van der Waals surface area contributed by atoms with Gasteiger partial charge < -0.3 is 5.32 Å². The zero-order valence-electron chi connectivity index (χ0n) is 17.1. The van der Waals surface area contributed by atoms with Crippen LogP contribution in [0.25, 0.3) is 6.08 Å². The van der Waals surface area contributed by atoms with Gasteiger partial charge in [0.25, 0.3) is 0 Å². The molecule has 2 nitrogen and oxygen atoms in total. The predicted octanol–water partition coefficient (Wildman–Crippen LogP) is 7.48. The molecule has 0 spiro atoms. The molecule has 152 valence electrons. The van der Waals surface area contributed by atoms with Crippen LogP contribution in [-0.4, -0.2) is 7.05 Å². The molecular weight excluding hydrogens is 488 g/mol. The zero-order chi connectivity index (χ0) is 21.2. The van der Waals surface area contributed by atoms with Gasteiger partial charge in [0.1, 0.15) is 0 Å². The zero-order valence-corrected chi connectivity index (χ0v) is 20.3. The fourth-order valence-corrected chi connectivity index (χ4v) is 3.97. The van der Waals surface area contributed by atoms with Crippen molar-refractivity contribution in [3.8, 4) is 0 Å². The number of rotatable bonds is 7. The van der Waals surface area contributed by atoms with E-state index < -0.39 is 0 Å². The first-order chi connectivity index (χ1) is 14.1. The molecular formula is C25H28Br2N2. The first kappa shape index (κ1) is 23.6. The summed E-state index contributed by atoms with van der Waals surface area (Å²) in [4.78, 5) is 0. The normalized spacial score (nSPS) is 12.4. The van der Waals surface area contributed by atoms with E-state index in [9.17, 15) is 0 Å². The molecule has 0 aliphatic carbocycles. The van der Waals surface area contributed by atoms with Crippen LogP contribution in [0.1, 0.15) is 48.3 Å². The minimum atomic E-state index is -0.00105. The van der Waals surface area contributed by atoms with E-state index in [1.165, 1.54) is 16.7 Å². The second-order valence-corrected chi connectivity index (χ2v) is 8.14. The van der Waals surface area contributed by atoms with Gasteiger partial charge in [0.2, 0.25) is 0 Å². The van der Waals surface area contributed by atoms with Crippen molar-refractivity contribution in [2.75, 3.05) is 7.05 Å². The van der Waals surface area contributed by atoms with E-state index in [1.54, 1.807) is 0 Å². The van der Waals surface area contributed by atoms with Crippen LogP contribution in [-0.2, 0) is 0 Å². The molecule has 3 aromatic rings. The summed E-state index contributed by atoms with van der Waals surface area (Å²) in [5.41, 5.74) is 4.67. The monoisotopic (exact) mass is 514 g/mol. The largest absolute Gasteiger partial charge is 0.301 e. The maximum atomic E-state index is 3.91. The number of nitrogens with one attached hydrogen (secondary N) is 2. The average Bonchev–Trinajstić information content (AvgIpc) is 2.76. The average molecular weight is 516 g/mol. The lowest BCUT2D eigenvalue weighted by molar-refractivity contribution is 0.436. The minimum Gasteiger partial charge on any atom is -0.301 e. The molecule has 0 saturated heterocycles. The molecule has 0 heterocycles. The van der Waals surface area contributed by atoms with Gasteiger partial charge in [-0.1, -0.05) is 101 Å². The Kier molecular flexibility index (Phi) is 9.82. The molecule has 0 bridgehead atoms. The molecule has 3 aromatic carbocycles. The number of hydrogen-bond donors (Lipinski definition) is 2. The molecule has 2 N–H and O–H groups in total. The Morgan fingerprint density at radius 2 is 1.31 bits per heavy atom. The highest BCUT2D eigenvalue weighted by Crippen LogP contribution is 2.28. The standard InChI is InChI=1S/C23H22Br2N2.C2H6/c1-3-16-7-4-8-17(13-16)22(18-9-5-11-20(24)14-18)27-23(26-2)19-10-6-12-21(25)15-19;1-2/h3-15,22-23,26-27H,1H2,2H3;1-2H3. The van der Waals surface area contributed by atoms with Gasteiger partial charge in [-0.15, -0.1) is 0 Å². The van der Waals surface area contributed by atoms with Gasteiger partial charge in [-0.05, 0) is 59.6 Å². The van der Waals surface area contributed by atoms with Crippen LogP contribution in [0.3, 0.4) is 0 Å². The molecule has 0 fully saturated rings. The van der Waals surface area contributed by atoms with Crippen molar-refractivity contribution in [2.24, 2.45) is 0 Å². The molecule has 4 heteroatoms. The third kappa shape index (κ3) is 6.65. The summed E-state index contributed by atoms with van der Waals surface area (Å²) < 4.78 is 2.13. The second kappa shape index (κ2) is 12.1. The van der Waals surface area contributed by atoms with E-state index in [0.717, 1.165) is 14.5 Å². The fourth-order valence-electron chi connectivity index (χ4n) is 3.14. The lowest BCUT2D eigenvalue weighted by Crippen LogP contribution is -2.35. The summed E-state index contributed by atoms with van der Waals surface area (Å²) in [5.74, 6) is 0. The minimum absolute atomic E-state index is 0.00105. The van der Waals surface area contributed by atoms with Crippen LogP contribution < -0.4 is 10.6 Å². The highest BCUT2D eigenvalue weighted by atomic mass is 79.9. The van der Waals surface area contributed by atoms with Crippen LogP contribution in [0.5, 0.6) is 0 Å². The highest BCUT2D eigenvalue weighted by molar-refractivity contribution is 9.10. The molecule has 2 atom stereocenters.